The van der Waals surface area contributed by atoms with Crippen LogP contribution in [0.15, 0.2) is 29.2 Å². The average Bonchev–Trinajstić information content (AvgIpc) is 3.11. The Morgan fingerprint density at radius 2 is 1.74 bits per heavy atom. The normalized spacial score (nSPS) is 26.4. The molecule has 0 bridgehead atoms. The third-order valence-corrected chi connectivity index (χ3v) is 5.84. The minimum absolute atomic E-state index is 0.206. The quantitative estimate of drug-likeness (QED) is 0.750. The second-order valence-corrected chi connectivity index (χ2v) is 7.18. The molecule has 1 aromatic rings. The van der Waals surface area contributed by atoms with Crippen LogP contribution < -0.4 is 0 Å². The standard InChI is InChI=1S/C15H23NO2S/c1-4-6-7-15-14(5-2)16(15)19(17,18)13-10-8-12(3)9-11-13/h8-11,14-15H,4-7H2,1-3H3/t14-,15+,16?/m0/s1. The summed E-state index contributed by atoms with van der Waals surface area (Å²) in [6, 6.07) is 7.57. The first-order chi connectivity index (χ1) is 9.02. The van der Waals surface area contributed by atoms with E-state index in [-0.39, 0.29) is 12.1 Å². The molecular weight excluding hydrogens is 258 g/mol. The van der Waals surface area contributed by atoms with Crippen LogP contribution in [0.2, 0.25) is 0 Å². The minimum Gasteiger partial charge on any atom is -0.207 e. The van der Waals surface area contributed by atoms with Gasteiger partial charge in [-0.1, -0.05) is 44.4 Å². The first-order valence-electron chi connectivity index (χ1n) is 7.12. The Labute approximate surface area is 116 Å². The van der Waals surface area contributed by atoms with Crippen molar-refractivity contribution in [2.45, 2.75) is 63.4 Å². The number of unbranched alkanes of at least 4 members (excludes halogenated alkanes) is 1. The van der Waals surface area contributed by atoms with E-state index in [2.05, 4.69) is 13.8 Å². The molecule has 1 aliphatic rings. The van der Waals surface area contributed by atoms with Gasteiger partial charge in [-0.3, -0.25) is 0 Å². The number of hydrogen-bond donors (Lipinski definition) is 0. The summed E-state index contributed by atoms with van der Waals surface area (Å²) in [6.45, 7) is 6.17. The van der Waals surface area contributed by atoms with Crippen molar-refractivity contribution in [3.63, 3.8) is 0 Å². The van der Waals surface area contributed by atoms with E-state index in [0.717, 1.165) is 31.2 Å². The second-order valence-electron chi connectivity index (χ2n) is 5.33. The van der Waals surface area contributed by atoms with Gasteiger partial charge in [0.05, 0.1) is 4.90 Å². The van der Waals surface area contributed by atoms with Crippen molar-refractivity contribution in [3.05, 3.63) is 29.8 Å². The number of hydrogen-bond acceptors (Lipinski definition) is 2. The molecule has 2 rings (SSSR count). The van der Waals surface area contributed by atoms with Crippen molar-refractivity contribution >= 4 is 10.0 Å². The molecule has 0 aromatic heterocycles. The van der Waals surface area contributed by atoms with E-state index in [1.807, 2.05) is 19.1 Å². The summed E-state index contributed by atoms with van der Waals surface area (Å²) in [6.07, 6.45) is 4.10. The molecule has 0 amide bonds. The minimum atomic E-state index is -3.29. The summed E-state index contributed by atoms with van der Waals surface area (Å²) in [4.78, 5) is 0.426. The van der Waals surface area contributed by atoms with Crippen LogP contribution in [0.25, 0.3) is 0 Å². The van der Waals surface area contributed by atoms with Gasteiger partial charge in [-0.25, -0.2) is 8.42 Å². The number of aryl methyl sites for hydroxylation is 1. The Bertz CT molecular complexity index is 522. The second kappa shape index (κ2) is 5.63. The summed E-state index contributed by atoms with van der Waals surface area (Å²) < 4.78 is 26.9. The van der Waals surface area contributed by atoms with E-state index in [0.29, 0.717) is 4.90 Å². The molecule has 0 spiro atoms. The summed E-state index contributed by atoms with van der Waals surface area (Å²) >= 11 is 0. The zero-order chi connectivity index (χ0) is 14.0. The van der Waals surface area contributed by atoms with E-state index >= 15 is 0 Å². The fourth-order valence-electron chi connectivity index (χ4n) is 2.68. The van der Waals surface area contributed by atoms with Gasteiger partial charge in [0.15, 0.2) is 0 Å². The Hall–Kier alpha value is -0.870. The molecule has 0 aliphatic carbocycles. The molecule has 1 saturated heterocycles. The smallest absolute Gasteiger partial charge is 0.207 e. The first-order valence-corrected chi connectivity index (χ1v) is 8.56. The van der Waals surface area contributed by atoms with Gasteiger partial charge in [-0.2, -0.15) is 4.31 Å². The van der Waals surface area contributed by atoms with E-state index in [1.54, 1.807) is 16.4 Å². The summed E-state index contributed by atoms with van der Waals surface area (Å²) in [5.41, 5.74) is 1.08. The van der Waals surface area contributed by atoms with Crippen molar-refractivity contribution in [1.82, 2.24) is 4.31 Å². The molecule has 1 unspecified atom stereocenters. The first kappa shape index (κ1) is 14.5. The van der Waals surface area contributed by atoms with Crippen LogP contribution in [0.3, 0.4) is 0 Å². The topological polar surface area (TPSA) is 37.1 Å². The number of sulfonamides is 1. The van der Waals surface area contributed by atoms with Crippen LogP contribution in [0.1, 0.15) is 45.1 Å². The van der Waals surface area contributed by atoms with Crippen molar-refractivity contribution in [2.24, 2.45) is 0 Å². The summed E-state index contributed by atoms with van der Waals surface area (Å²) in [5, 5.41) is 0. The zero-order valence-corrected chi connectivity index (χ0v) is 12.8. The van der Waals surface area contributed by atoms with Gasteiger partial charge in [-0.15, -0.1) is 0 Å². The van der Waals surface area contributed by atoms with Crippen molar-refractivity contribution in [2.75, 3.05) is 0 Å². The van der Waals surface area contributed by atoms with Crippen molar-refractivity contribution in [1.29, 1.82) is 0 Å². The predicted octanol–water partition coefficient (Wildman–Crippen LogP) is 3.34. The van der Waals surface area contributed by atoms with E-state index in [1.165, 1.54) is 0 Å². The van der Waals surface area contributed by atoms with Crippen LogP contribution in [-0.2, 0) is 10.0 Å². The Morgan fingerprint density at radius 1 is 1.11 bits per heavy atom. The zero-order valence-electron chi connectivity index (χ0n) is 12.0. The lowest BCUT2D eigenvalue weighted by Gasteiger charge is -2.07. The molecular formula is C15H23NO2S. The largest absolute Gasteiger partial charge is 0.243 e. The van der Waals surface area contributed by atoms with Crippen molar-refractivity contribution in [3.8, 4) is 0 Å². The highest BCUT2D eigenvalue weighted by molar-refractivity contribution is 7.89. The van der Waals surface area contributed by atoms with Crippen LogP contribution >= 0.6 is 0 Å². The third kappa shape index (κ3) is 2.84. The van der Waals surface area contributed by atoms with Gasteiger partial charge in [0.25, 0.3) is 0 Å². The Kier molecular flexibility index (Phi) is 4.31. The predicted molar refractivity (Wildman–Crippen MR) is 77.6 cm³/mol. The summed E-state index contributed by atoms with van der Waals surface area (Å²) in [7, 11) is -3.29. The van der Waals surface area contributed by atoms with Crippen LogP contribution in [0.4, 0.5) is 0 Å². The Morgan fingerprint density at radius 3 is 2.26 bits per heavy atom. The lowest BCUT2D eigenvalue weighted by molar-refractivity contribution is 0.536. The van der Waals surface area contributed by atoms with Gasteiger partial charge in [0.1, 0.15) is 0 Å². The van der Waals surface area contributed by atoms with Crippen LogP contribution in [0, 0.1) is 6.92 Å². The molecule has 0 radical (unpaired) electrons. The molecule has 19 heavy (non-hydrogen) atoms. The number of nitrogens with zero attached hydrogens (tertiary/aromatic N) is 1. The SMILES string of the molecule is CCCC[C@@H]1[C@H](CC)N1S(=O)(=O)c1ccc(C)cc1. The van der Waals surface area contributed by atoms with Gasteiger partial charge in [0, 0.05) is 12.1 Å². The molecule has 3 nitrogen and oxygen atoms in total. The van der Waals surface area contributed by atoms with E-state index in [4.69, 9.17) is 0 Å². The van der Waals surface area contributed by atoms with E-state index < -0.39 is 10.0 Å². The molecule has 1 aliphatic heterocycles. The molecule has 4 heteroatoms. The third-order valence-electron chi connectivity index (χ3n) is 3.88. The highest BCUT2D eigenvalue weighted by Crippen LogP contribution is 2.40. The van der Waals surface area contributed by atoms with Crippen LogP contribution in [0.5, 0.6) is 0 Å². The lowest BCUT2D eigenvalue weighted by atomic mass is 10.1. The fraction of sp³-hybridized carbons (Fsp3) is 0.600. The Balaban J connectivity index is 2.18. The van der Waals surface area contributed by atoms with Crippen LogP contribution in [-0.4, -0.2) is 24.8 Å². The van der Waals surface area contributed by atoms with E-state index in [9.17, 15) is 8.42 Å². The van der Waals surface area contributed by atoms with Gasteiger partial charge >= 0.3 is 0 Å². The molecule has 106 valence electrons. The molecule has 0 saturated carbocycles. The highest BCUT2D eigenvalue weighted by Gasteiger charge is 2.53. The monoisotopic (exact) mass is 281 g/mol. The number of benzene rings is 1. The van der Waals surface area contributed by atoms with Gasteiger partial charge < -0.3 is 0 Å². The maximum Gasteiger partial charge on any atom is 0.243 e. The van der Waals surface area contributed by atoms with Crippen molar-refractivity contribution < 1.29 is 8.42 Å². The molecule has 1 fully saturated rings. The molecule has 1 heterocycles. The maximum atomic E-state index is 12.6. The lowest BCUT2D eigenvalue weighted by Crippen LogP contribution is -2.16. The molecule has 1 aromatic carbocycles. The molecule has 3 atom stereocenters. The fourth-order valence-corrected chi connectivity index (χ4v) is 4.60. The average molecular weight is 281 g/mol. The summed E-state index contributed by atoms with van der Waals surface area (Å²) in [5.74, 6) is 0. The van der Waals surface area contributed by atoms with Gasteiger partial charge in [-0.05, 0) is 31.9 Å². The number of rotatable bonds is 6. The molecule has 0 N–H and O–H groups in total. The van der Waals surface area contributed by atoms with Gasteiger partial charge in [0.2, 0.25) is 10.0 Å². The highest BCUT2D eigenvalue weighted by atomic mass is 32.2. The maximum absolute atomic E-state index is 12.6.